The van der Waals surface area contributed by atoms with Crippen molar-refractivity contribution >= 4 is 17.3 Å². The monoisotopic (exact) mass is 269 g/mol. The number of aromatic nitrogens is 2. The van der Waals surface area contributed by atoms with Crippen molar-refractivity contribution in [1.29, 1.82) is 0 Å². The minimum atomic E-state index is -2.70. The summed E-state index contributed by atoms with van der Waals surface area (Å²) in [6.07, 6.45) is -1.17. The van der Waals surface area contributed by atoms with E-state index >= 15 is 0 Å². The van der Waals surface area contributed by atoms with Gasteiger partial charge in [0.05, 0.1) is 11.9 Å². The minimum absolute atomic E-state index is 0.0974. The van der Waals surface area contributed by atoms with Crippen LogP contribution < -0.4 is 5.73 Å². The molecule has 3 nitrogen and oxygen atoms in total. The van der Waals surface area contributed by atoms with E-state index in [1.807, 2.05) is 6.07 Å². The van der Waals surface area contributed by atoms with Gasteiger partial charge in [-0.15, -0.1) is 0 Å². The number of benzene rings is 1. The molecule has 0 radical (unpaired) electrons. The van der Waals surface area contributed by atoms with Crippen LogP contribution in [0.4, 0.5) is 14.5 Å². The summed E-state index contributed by atoms with van der Waals surface area (Å²) in [5.74, 6) is 0.293. The normalized spacial score (nSPS) is 10.9. The van der Waals surface area contributed by atoms with Gasteiger partial charge in [-0.1, -0.05) is 23.7 Å². The van der Waals surface area contributed by atoms with E-state index < -0.39 is 12.1 Å². The lowest BCUT2D eigenvalue weighted by atomic mass is 10.1. The summed E-state index contributed by atoms with van der Waals surface area (Å²) in [6, 6.07) is 7.08. The van der Waals surface area contributed by atoms with Crippen LogP contribution in [-0.2, 0) is 6.42 Å². The second-order valence-electron chi connectivity index (χ2n) is 3.73. The Balaban J connectivity index is 2.27. The fourth-order valence-corrected chi connectivity index (χ4v) is 1.74. The van der Waals surface area contributed by atoms with E-state index in [1.54, 1.807) is 18.2 Å². The van der Waals surface area contributed by atoms with Crippen molar-refractivity contribution in [2.24, 2.45) is 0 Å². The summed E-state index contributed by atoms with van der Waals surface area (Å²) in [7, 11) is 0. The lowest BCUT2D eigenvalue weighted by Gasteiger charge is -2.06. The molecule has 0 saturated carbocycles. The Hall–Kier alpha value is -1.75. The zero-order valence-corrected chi connectivity index (χ0v) is 10.0. The van der Waals surface area contributed by atoms with Gasteiger partial charge in [0.1, 0.15) is 11.5 Å². The van der Waals surface area contributed by atoms with Gasteiger partial charge in [0.25, 0.3) is 6.43 Å². The van der Waals surface area contributed by atoms with Crippen molar-refractivity contribution in [3.63, 3.8) is 0 Å². The Kier molecular flexibility index (Phi) is 3.72. The van der Waals surface area contributed by atoms with E-state index in [-0.39, 0.29) is 5.69 Å². The van der Waals surface area contributed by atoms with Gasteiger partial charge in [-0.05, 0) is 17.7 Å². The zero-order valence-electron chi connectivity index (χ0n) is 9.28. The number of rotatable bonds is 3. The van der Waals surface area contributed by atoms with E-state index in [1.165, 1.54) is 6.20 Å². The van der Waals surface area contributed by atoms with Crippen LogP contribution in [0.25, 0.3) is 0 Å². The van der Waals surface area contributed by atoms with E-state index in [9.17, 15) is 8.78 Å². The number of hydrogen-bond donors (Lipinski definition) is 1. The molecule has 1 aromatic heterocycles. The molecule has 0 unspecified atom stereocenters. The third kappa shape index (κ3) is 2.92. The molecule has 0 saturated heterocycles. The third-order valence-corrected chi connectivity index (χ3v) is 2.59. The molecule has 94 valence electrons. The SMILES string of the molecule is Nc1cnc(Cc2cccc(Cl)c2)nc1C(F)F. The van der Waals surface area contributed by atoms with E-state index in [0.717, 1.165) is 5.56 Å². The largest absolute Gasteiger partial charge is 0.396 e. The van der Waals surface area contributed by atoms with Gasteiger partial charge < -0.3 is 5.73 Å². The number of nitrogens with zero attached hydrogens (tertiary/aromatic N) is 2. The predicted molar refractivity (Wildman–Crippen MR) is 65.7 cm³/mol. The molecule has 6 heteroatoms. The van der Waals surface area contributed by atoms with Crippen LogP contribution in [0.1, 0.15) is 23.5 Å². The minimum Gasteiger partial charge on any atom is -0.396 e. The quantitative estimate of drug-likeness (QED) is 0.931. The summed E-state index contributed by atoms with van der Waals surface area (Å²) in [5.41, 5.74) is 5.71. The third-order valence-electron chi connectivity index (χ3n) is 2.36. The van der Waals surface area contributed by atoms with Gasteiger partial charge in [0.2, 0.25) is 0 Å². The Labute approximate surface area is 108 Å². The van der Waals surface area contributed by atoms with Crippen LogP contribution in [0.5, 0.6) is 0 Å². The average Bonchev–Trinajstić information content (AvgIpc) is 2.31. The van der Waals surface area contributed by atoms with Crippen molar-refractivity contribution in [2.45, 2.75) is 12.8 Å². The van der Waals surface area contributed by atoms with Gasteiger partial charge in [0.15, 0.2) is 0 Å². The van der Waals surface area contributed by atoms with Gasteiger partial charge in [-0.2, -0.15) is 0 Å². The molecule has 0 aliphatic carbocycles. The van der Waals surface area contributed by atoms with Crippen LogP contribution >= 0.6 is 11.6 Å². The number of anilines is 1. The van der Waals surface area contributed by atoms with Crippen molar-refractivity contribution < 1.29 is 8.78 Å². The maximum Gasteiger partial charge on any atom is 0.282 e. The maximum atomic E-state index is 12.6. The van der Waals surface area contributed by atoms with Crippen LogP contribution in [-0.4, -0.2) is 9.97 Å². The second kappa shape index (κ2) is 5.27. The van der Waals surface area contributed by atoms with E-state index in [0.29, 0.717) is 17.3 Å². The van der Waals surface area contributed by atoms with Crippen molar-refractivity contribution in [1.82, 2.24) is 9.97 Å². The summed E-state index contributed by atoms with van der Waals surface area (Å²) >= 11 is 5.84. The predicted octanol–water partition coefficient (Wildman–Crippen LogP) is 3.24. The van der Waals surface area contributed by atoms with Gasteiger partial charge in [-0.25, -0.2) is 18.7 Å². The number of nitrogen functional groups attached to an aromatic ring is 1. The smallest absolute Gasteiger partial charge is 0.282 e. The summed E-state index contributed by atoms with van der Waals surface area (Å²) in [4.78, 5) is 7.70. The van der Waals surface area contributed by atoms with Crippen molar-refractivity contribution in [3.05, 3.63) is 52.6 Å². The Morgan fingerprint density at radius 1 is 1.33 bits per heavy atom. The fraction of sp³-hybridized carbons (Fsp3) is 0.167. The molecule has 2 aromatic rings. The molecule has 2 rings (SSSR count). The Morgan fingerprint density at radius 3 is 2.78 bits per heavy atom. The number of halogens is 3. The van der Waals surface area contributed by atoms with Crippen molar-refractivity contribution in [2.75, 3.05) is 5.73 Å². The first-order valence-corrected chi connectivity index (χ1v) is 5.58. The highest BCUT2D eigenvalue weighted by molar-refractivity contribution is 6.30. The average molecular weight is 270 g/mol. The standard InChI is InChI=1S/C12H10ClF2N3/c13-8-3-1-2-7(4-8)5-10-17-6-9(16)11(18-10)12(14)15/h1-4,6,12H,5,16H2. The zero-order chi connectivity index (χ0) is 13.1. The van der Waals surface area contributed by atoms with Crippen LogP contribution in [0.15, 0.2) is 30.5 Å². The van der Waals surface area contributed by atoms with Crippen LogP contribution in [0, 0.1) is 0 Å². The topological polar surface area (TPSA) is 51.8 Å². The summed E-state index contributed by atoms with van der Waals surface area (Å²) in [6.45, 7) is 0. The summed E-state index contributed by atoms with van der Waals surface area (Å²) in [5, 5.41) is 0.581. The summed E-state index contributed by atoms with van der Waals surface area (Å²) < 4.78 is 25.2. The first kappa shape index (κ1) is 12.7. The number of alkyl halides is 2. The van der Waals surface area contributed by atoms with Gasteiger partial charge >= 0.3 is 0 Å². The molecule has 0 amide bonds. The highest BCUT2D eigenvalue weighted by atomic mass is 35.5. The molecular weight excluding hydrogens is 260 g/mol. The molecule has 18 heavy (non-hydrogen) atoms. The van der Waals surface area contributed by atoms with Gasteiger partial charge in [-0.3, -0.25) is 0 Å². The lowest BCUT2D eigenvalue weighted by molar-refractivity contribution is 0.146. The highest BCUT2D eigenvalue weighted by Crippen LogP contribution is 2.22. The molecule has 0 bridgehead atoms. The lowest BCUT2D eigenvalue weighted by Crippen LogP contribution is -2.05. The van der Waals surface area contributed by atoms with Crippen molar-refractivity contribution in [3.8, 4) is 0 Å². The molecule has 0 aliphatic heterocycles. The Bertz CT molecular complexity index is 561. The van der Waals surface area contributed by atoms with Gasteiger partial charge in [0, 0.05) is 11.4 Å². The number of hydrogen-bond acceptors (Lipinski definition) is 3. The first-order valence-electron chi connectivity index (χ1n) is 5.20. The van der Waals surface area contributed by atoms with E-state index in [4.69, 9.17) is 17.3 Å². The highest BCUT2D eigenvalue weighted by Gasteiger charge is 2.14. The molecule has 0 spiro atoms. The maximum absolute atomic E-state index is 12.6. The molecule has 0 atom stereocenters. The molecule has 0 fully saturated rings. The molecule has 1 aromatic carbocycles. The molecule has 1 heterocycles. The molecule has 2 N–H and O–H groups in total. The molecule has 0 aliphatic rings. The second-order valence-corrected chi connectivity index (χ2v) is 4.17. The first-order chi connectivity index (χ1) is 8.56. The van der Waals surface area contributed by atoms with Crippen LogP contribution in [0.3, 0.4) is 0 Å². The van der Waals surface area contributed by atoms with Crippen LogP contribution in [0.2, 0.25) is 5.02 Å². The van der Waals surface area contributed by atoms with E-state index in [2.05, 4.69) is 9.97 Å². The molecular formula is C12H10ClF2N3. The fourth-order valence-electron chi connectivity index (χ4n) is 1.53. The number of nitrogens with two attached hydrogens (primary N) is 1. The Morgan fingerprint density at radius 2 is 2.11 bits per heavy atom.